The first-order chi connectivity index (χ1) is 13.5. The van der Waals surface area contributed by atoms with Gasteiger partial charge in [-0.25, -0.2) is 9.59 Å². The van der Waals surface area contributed by atoms with E-state index < -0.39 is 17.7 Å². The van der Waals surface area contributed by atoms with E-state index in [2.05, 4.69) is 0 Å². The van der Waals surface area contributed by atoms with Gasteiger partial charge in [0, 0.05) is 16.8 Å². The Balaban J connectivity index is 1.85. The van der Waals surface area contributed by atoms with Gasteiger partial charge in [0.15, 0.2) is 0 Å². The molecule has 28 heavy (non-hydrogen) atoms. The summed E-state index contributed by atoms with van der Waals surface area (Å²) in [6, 6.07) is 17.5. The van der Waals surface area contributed by atoms with Crippen LogP contribution in [-0.4, -0.2) is 27.3 Å². The standard InChI is InChI=1S/C22H14O6/c23-16-11-17(24)19(15-8-4-3-7-14(15)16)22(27)28-18-10-9-12-5-1-2-6-13(12)20(18)21(25)26/h1-11,23-24H,(H,25,26). The van der Waals surface area contributed by atoms with Crippen molar-refractivity contribution in [1.29, 1.82) is 0 Å². The van der Waals surface area contributed by atoms with Crippen molar-refractivity contribution in [3.63, 3.8) is 0 Å². The molecule has 4 aromatic carbocycles. The fourth-order valence-corrected chi connectivity index (χ4v) is 3.26. The molecule has 0 saturated carbocycles. The summed E-state index contributed by atoms with van der Waals surface area (Å²) in [5.41, 5.74) is -0.299. The molecule has 0 aromatic heterocycles. The Morgan fingerprint density at radius 2 is 1.36 bits per heavy atom. The zero-order chi connectivity index (χ0) is 19.8. The van der Waals surface area contributed by atoms with E-state index in [1.165, 1.54) is 6.07 Å². The fourth-order valence-electron chi connectivity index (χ4n) is 3.26. The fraction of sp³-hybridized carbons (Fsp3) is 0. The molecule has 0 amide bonds. The summed E-state index contributed by atoms with van der Waals surface area (Å²) in [7, 11) is 0. The van der Waals surface area contributed by atoms with Crippen LogP contribution >= 0.6 is 0 Å². The van der Waals surface area contributed by atoms with Crippen molar-refractivity contribution in [2.24, 2.45) is 0 Å². The minimum Gasteiger partial charge on any atom is -0.507 e. The van der Waals surface area contributed by atoms with Crippen molar-refractivity contribution in [1.82, 2.24) is 0 Å². The topological polar surface area (TPSA) is 104 Å². The SMILES string of the molecule is O=C(O)c1c(OC(=O)c2c(O)cc(O)c3ccccc23)ccc2ccccc12. The summed E-state index contributed by atoms with van der Waals surface area (Å²) >= 11 is 0. The number of fused-ring (bicyclic) bond motifs is 2. The van der Waals surface area contributed by atoms with Crippen LogP contribution in [0.25, 0.3) is 21.5 Å². The Morgan fingerprint density at radius 1 is 0.714 bits per heavy atom. The van der Waals surface area contributed by atoms with E-state index in [-0.39, 0.29) is 22.6 Å². The average molecular weight is 374 g/mol. The van der Waals surface area contributed by atoms with Crippen LogP contribution in [0.2, 0.25) is 0 Å². The number of carboxylic acids is 1. The summed E-state index contributed by atoms with van der Waals surface area (Å²) in [6.07, 6.45) is 0. The summed E-state index contributed by atoms with van der Waals surface area (Å²) in [4.78, 5) is 24.6. The molecule has 6 heteroatoms. The van der Waals surface area contributed by atoms with Gasteiger partial charge in [-0.3, -0.25) is 0 Å². The van der Waals surface area contributed by atoms with Crippen LogP contribution in [0.3, 0.4) is 0 Å². The number of carbonyl (C=O) groups excluding carboxylic acids is 1. The molecule has 0 fully saturated rings. The van der Waals surface area contributed by atoms with Crippen LogP contribution in [0.15, 0.2) is 66.7 Å². The quantitative estimate of drug-likeness (QED) is 0.364. The van der Waals surface area contributed by atoms with Crippen molar-refractivity contribution in [3.8, 4) is 17.2 Å². The molecular formula is C22H14O6. The van der Waals surface area contributed by atoms with Crippen LogP contribution < -0.4 is 4.74 Å². The number of phenols is 2. The molecule has 3 N–H and O–H groups in total. The van der Waals surface area contributed by atoms with Crippen LogP contribution in [0.1, 0.15) is 20.7 Å². The lowest BCUT2D eigenvalue weighted by Gasteiger charge is -2.13. The van der Waals surface area contributed by atoms with Gasteiger partial charge in [0.2, 0.25) is 0 Å². The lowest BCUT2D eigenvalue weighted by Crippen LogP contribution is -2.12. The van der Waals surface area contributed by atoms with Crippen LogP contribution in [-0.2, 0) is 0 Å². The Hall–Kier alpha value is -4.06. The molecule has 0 saturated heterocycles. The Kier molecular flexibility index (Phi) is 4.08. The van der Waals surface area contributed by atoms with Gasteiger partial charge in [0.1, 0.15) is 28.4 Å². The Labute approximate surface area is 158 Å². The first-order valence-electron chi connectivity index (χ1n) is 8.38. The van der Waals surface area contributed by atoms with Gasteiger partial charge >= 0.3 is 11.9 Å². The van der Waals surface area contributed by atoms with Gasteiger partial charge in [-0.15, -0.1) is 0 Å². The van der Waals surface area contributed by atoms with Crippen LogP contribution in [0.5, 0.6) is 17.2 Å². The van der Waals surface area contributed by atoms with E-state index in [4.69, 9.17) is 4.74 Å². The van der Waals surface area contributed by atoms with Crippen molar-refractivity contribution >= 4 is 33.5 Å². The molecule has 0 atom stereocenters. The third kappa shape index (κ3) is 2.77. The van der Waals surface area contributed by atoms with Gasteiger partial charge < -0.3 is 20.1 Å². The highest BCUT2D eigenvalue weighted by atomic mass is 16.5. The van der Waals surface area contributed by atoms with Crippen molar-refractivity contribution in [2.75, 3.05) is 0 Å². The van der Waals surface area contributed by atoms with E-state index in [1.807, 2.05) is 0 Å². The van der Waals surface area contributed by atoms with E-state index >= 15 is 0 Å². The molecule has 6 nitrogen and oxygen atoms in total. The second kappa shape index (κ2) is 6.59. The molecule has 0 aliphatic carbocycles. The number of carbonyl (C=O) groups is 2. The molecule has 0 heterocycles. The third-order valence-corrected chi connectivity index (χ3v) is 4.51. The number of benzene rings is 4. The number of aromatic hydroxyl groups is 2. The van der Waals surface area contributed by atoms with Gasteiger partial charge in [-0.05, 0) is 16.8 Å². The number of ether oxygens (including phenoxy) is 1. The summed E-state index contributed by atoms with van der Waals surface area (Å²) < 4.78 is 5.37. The minimum absolute atomic E-state index is 0.132. The molecular weight excluding hydrogens is 360 g/mol. The highest BCUT2D eigenvalue weighted by molar-refractivity contribution is 6.11. The number of aromatic carboxylic acids is 1. The van der Waals surface area contributed by atoms with Crippen molar-refractivity contribution < 1.29 is 29.6 Å². The molecule has 138 valence electrons. The molecule has 0 aliphatic heterocycles. The monoisotopic (exact) mass is 374 g/mol. The number of rotatable bonds is 3. The van der Waals surface area contributed by atoms with E-state index in [1.54, 1.807) is 54.6 Å². The zero-order valence-corrected chi connectivity index (χ0v) is 14.4. The lowest BCUT2D eigenvalue weighted by molar-refractivity contribution is 0.0684. The molecule has 0 aliphatic rings. The van der Waals surface area contributed by atoms with Gasteiger partial charge in [-0.2, -0.15) is 0 Å². The minimum atomic E-state index is -1.24. The summed E-state index contributed by atoms with van der Waals surface area (Å²) in [5, 5.41) is 31.6. The lowest BCUT2D eigenvalue weighted by atomic mass is 10.0. The second-order valence-electron chi connectivity index (χ2n) is 6.19. The average Bonchev–Trinajstić information content (AvgIpc) is 2.67. The van der Waals surface area contributed by atoms with E-state index in [0.717, 1.165) is 6.07 Å². The van der Waals surface area contributed by atoms with E-state index in [9.17, 15) is 24.9 Å². The zero-order valence-electron chi connectivity index (χ0n) is 14.4. The highest BCUT2D eigenvalue weighted by Crippen LogP contribution is 2.36. The van der Waals surface area contributed by atoms with Gasteiger partial charge in [0.25, 0.3) is 0 Å². The first-order valence-corrected chi connectivity index (χ1v) is 8.38. The first kappa shape index (κ1) is 17.4. The maximum Gasteiger partial charge on any atom is 0.347 e. The van der Waals surface area contributed by atoms with Gasteiger partial charge in [0.05, 0.1) is 0 Å². The normalized spacial score (nSPS) is 10.9. The number of hydrogen-bond donors (Lipinski definition) is 3. The maximum atomic E-state index is 12.8. The van der Waals surface area contributed by atoms with Crippen molar-refractivity contribution in [3.05, 3.63) is 77.9 Å². The molecule has 0 unspecified atom stereocenters. The predicted molar refractivity (Wildman–Crippen MR) is 103 cm³/mol. The van der Waals surface area contributed by atoms with Crippen LogP contribution in [0.4, 0.5) is 0 Å². The number of carboxylic acid groups (broad SMARTS) is 1. The highest BCUT2D eigenvalue weighted by Gasteiger charge is 2.23. The molecule has 0 spiro atoms. The molecule has 4 aromatic rings. The second-order valence-corrected chi connectivity index (χ2v) is 6.19. The largest absolute Gasteiger partial charge is 0.507 e. The predicted octanol–water partition coefficient (Wildman–Crippen LogP) is 4.32. The number of phenolic OH excluding ortho intramolecular Hbond substituents is 2. The summed E-state index contributed by atoms with van der Waals surface area (Å²) in [6.45, 7) is 0. The number of esters is 1. The molecule has 0 bridgehead atoms. The van der Waals surface area contributed by atoms with E-state index in [0.29, 0.717) is 21.5 Å². The van der Waals surface area contributed by atoms with Gasteiger partial charge in [-0.1, -0.05) is 54.6 Å². The van der Waals surface area contributed by atoms with Crippen molar-refractivity contribution in [2.45, 2.75) is 0 Å². The molecule has 0 radical (unpaired) electrons. The number of hydrogen-bond acceptors (Lipinski definition) is 5. The molecule has 4 rings (SSSR count). The Morgan fingerprint density at radius 3 is 2.07 bits per heavy atom. The third-order valence-electron chi connectivity index (χ3n) is 4.51. The maximum absolute atomic E-state index is 12.8. The smallest absolute Gasteiger partial charge is 0.347 e. The summed E-state index contributed by atoms with van der Waals surface area (Å²) in [5.74, 6) is -2.93. The van der Waals surface area contributed by atoms with Crippen LogP contribution in [0, 0.1) is 0 Å². The Bertz CT molecular complexity index is 1260.